The maximum Gasteiger partial charge on any atom is 0.261 e. The van der Waals surface area contributed by atoms with Gasteiger partial charge >= 0.3 is 0 Å². The lowest BCUT2D eigenvalue weighted by Gasteiger charge is -2.21. The van der Waals surface area contributed by atoms with Crippen LogP contribution in [0, 0.1) is 12.7 Å². The summed E-state index contributed by atoms with van der Waals surface area (Å²) < 4.78 is 18.8. The largest absolute Gasteiger partial charge is 0.481 e. The van der Waals surface area contributed by atoms with Gasteiger partial charge in [-0.2, -0.15) is 0 Å². The molecule has 0 unspecified atom stereocenters. The van der Waals surface area contributed by atoms with Crippen LogP contribution in [0.4, 0.5) is 4.39 Å². The molecule has 0 saturated heterocycles. The zero-order chi connectivity index (χ0) is 17.7. The standard InChI is InChI=1S/C19H21ClFNO2/c1-4-18(24-16-9-10-17(20)12(2)11-16)19(23)22-13(3)14-5-7-15(21)8-6-14/h5-11,13,18H,4H2,1-3H3,(H,22,23)/t13-,18+/m1/s1. The molecule has 1 amide bonds. The van der Waals surface area contributed by atoms with Crippen LogP contribution in [0.15, 0.2) is 42.5 Å². The van der Waals surface area contributed by atoms with Crippen LogP contribution in [0.2, 0.25) is 5.02 Å². The van der Waals surface area contributed by atoms with Crippen molar-refractivity contribution >= 4 is 17.5 Å². The SMILES string of the molecule is CC[C@H](Oc1ccc(Cl)c(C)c1)C(=O)N[C@H](C)c1ccc(F)cc1. The average molecular weight is 350 g/mol. The van der Waals surface area contributed by atoms with Crippen molar-refractivity contribution in [3.8, 4) is 5.75 Å². The van der Waals surface area contributed by atoms with Gasteiger partial charge in [-0.15, -0.1) is 0 Å². The summed E-state index contributed by atoms with van der Waals surface area (Å²) in [5.41, 5.74) is 1.73. The molecule has 0 aliphatic rings. The molecule has 2 rings (SSSR count). The molecule has 5 heteroatoms. The minimum atomic E-state index is -0.603. The first-order chi connectivity index (χ1) is 11.4. The number of carbonyl (C=O) groups is 1. The number of halogens is 2. The molecule has 0 spiro atoms. The van der Waals surface area contributed by atoms with E-state index in [0.29, 0.717) is 17.2 Å². The molecule has 0 heterocycles. The van der Waals surface area contributed by atoms with Crippen molar-refractivity contribution in [3.05, 3.63) is 64.4 Å². The highest BCUT2D eigenvalue weighted by Gasteiger charge is 2.21. The number of nitrogens with one attached hydrogen (secondary N) is 1. The Bertz CT molecular complexity index is 703. The highest BCUT2D eigenvalue weighted by atomic mass is 35.5. The predicted molar refractivity (Wildman–Crippen MR) is 93.9 cm³/mol. The predicted octanol–water partition coefficient (Wildman–Crippen LogP) is 4.82. The molecule has 0 saturated carbocycles. The van der Waals surface area contributed by atoms with Crippen molar-refractivity contribution in [2.75, 3.05) is 0 Å². The highest BCUT2D eigenvalue weighted by molar-refractivity contribution is 6.31. The quantitative estimate of drug-likeness (QED) is 0.811. The van der Waals surface area contributed by atoms with Gasteiger partial charge in [0.15, 0.2) is 6.10 Å². The molecule has 0 bridgehead atoms. The second-order valence-electron chi connectivity index (χ2n) is 5.71. The zero-order valence-electron chi connectivity index (χ0n) is 14.0. The number of aryl methyl sites for hydroxylation is 1. The lowest BCUT2D eigenvalue weighted by molar-refractivity contribution is -0.128. The smallest absolute Gasteiger partial charge is 0.261 e. The molecule has 2 aromatic carbocycles. The molecule has 2 aromatic rings. The Morgan fingerprint density at radius 2 is 1.92 bits per heavy atom. The van der Waals surface area contributed by atoms with E-state index in [-0.39, 0.29) is 17.8 Å². The first kappa shape index (κ1) is 18.3. The maximum absolute atomic E-state index is 13.0. The third kappa shape index (κ3) is 4.71. The summed E-state index contributed by atoms with van der Waals surface area (Å²) in [6, 6.07) is 11.1. The van der Waals surface area contributed by atoms with Crippen molar-refractivity contribution in [3.63, 3.8) is 0 Å². The van der Waals surface area contributed by atoms with Crippen molar-refractivity contribution in [1.29, 1.82) is 0 Å². The summed E-state index contributed by atoms with van der Waals surface area (Å²) in [6.07, 6.45) is -0.0719. The summed E-state index contributed by atoms with van der Waals surface area (Å²) in [7, 11) is 0. The van der Waals surface area contributed by atoms with Crippen molar-refractivity contribution in [2.45, 2.75) is 39.3 Å². The van der Waals surface area contributed by atoms with Gasteiger partial charge in [-0.25, -0.2) is 4.39 Å². The first-order valence-electron chi connectivity index (χ1n) is 7.89. The minimum absolute atomic E-state index is 0.207. The van der Waals surface area contributed by atoms with E-state index in [9.17, 15) is 9.18 Å². The van der Waals surface area contributed by atoms with Gasteiger partial charge in [0.05, 0.1) is 6.04 Å². The van der Waals surface area contributed by atoms with Gasteiger partial charge in [-0.3, -0.25) is 4.79 Å². The molecule has 24 heavy (non-hydrogen) atoms. The van der Waals surface area contributed by atoms with E-state index in [2.05, 4.69) is 5.32 Å². The lowest BCUT2D eigenvalue weighted by Crippen LogP contribution is -2.39. The van der Waals surface area contributed by atoms with Gasteiger partial charge < -0.3 is 10.1 Å². The molecule has 1 N–H and O–H groups in total. The van der Waals surface area contributed by atoms with Crippen molar-refractivity contribution < 1.29 is 13.9 Å². The van der Waals surface area contributed by atoms with Crippen LogP contribution in [0.5, 0.6) is 5.75 Å². The fourth-order valence-corrected chi connectivity index (χ4v) is 2.44. The Kier molecular flexibility index (Phi) is 6.21. The van der Waals surface area contributed by atoms with Crippen LogP contribution >= 0.6 is 11.6 Å². The number of hydrogen-bond donors (Lipinski definition) is 1. The normalized spacial score (nSPS) is 13.2. The molecule has 3 nitrogen and oxygen atoms in total. The third-order valence-corrected chi connectivity index (χ3v) is 4.22. The second-order valence-corrected chi connectivity index (χ2v) is 6.11. The minimum Gasteiger partial charge on any atom is -0.481 e. The molecular formula is C19H21ClFNO2. The monoisotopic (exact) mass is 349 g/mol. The Morgan fingerprint density at radius 3 is 2.50 bits per heavy atom. The Balaban J connectivity index is 2.02. The molecule has 2 atom stereocenters. The lowest BCUT2D eigenvalue weighted by atomic mass is 10.1. The summed E-state index contributed by atoms with van der Waals surface area (Å²) >= 11 is 6.00. The topological polar surface area (TPSA) is 38.3 Å². The van der Waals surface area contributed by atoms with Gasteiger partial charge in [-0.1, -0.05) is 30.7 Å². The van der Waals surface area contributed by atoms with Gasteiger partial charge in [0.25, 0.3) is 5.91 Å². The number of carbonyl (C=O) groups excluding carboxylic acids is 1. The van der Waals surface area contributed by atoms with Crippen LogP contribution in [-0.2, 0) is 4.79 Å². The van der Waals surface area contributed by atoms with Crippen molar-refractivity contribution in [1.82, 2.24) is 5.32 Å². The van der Waals surface area contributed by atoms with Gasteiger partial charge in [0.1, 0.15) is 11.6 Å². The second kappa shape index (κ2) is 8.15. The Hall–Kier alpha value is -2.07. The fourth-order valence-electron chi connectivity index (χ4n) is 2.32. The molecule has 128 valence electrons. The Labute approximate surface area is 146 Å². The van der Waals surface area contributed by atoms with Crippen LogP contribution in [0.3, 0.4) is 0 Å². The average Bonchev–Trinajstić information content (AvgIpc) is 2.56. The van der Waals surface area contributed by atoms with Gasteiger partial charge in [0.2, 0.25) is 0 Å². The van der Waals surface area contributed by atoms with E-state index in [1.54, 1.807) is 24.3 Å². The summed E-state index contributed by atoms with van der Waals surface area (Å²) in [6.45, 7) is 5.62. The summed E-state index contributed by atoms with van der Waals surface area (Å²) in [5, 5.41) is 3.56. The van der Waals surface area contributed by atoms with Gasteiger partial charge in [-0.05, 0) is 61.7 Å². The molecular weight excluding hydrogens is 329 g/mol. The van der Waals surface area contributed by atoms with Crippen LogP contribution in [-0.4, -0.2) is 12.0 Å². The molecule has 0 radical (unpaired) electrons. The molecule has 0 aliphatic carbocycles. The van der Waals surface area contributed by atoms with Crippen molar-refractivity contribution in [2.24, 2.45) is 0 Å². The van der Waals surface area contributed by atoms with E-state index in [0.717, 1.165) is 11.1 Å². The molecule has 0 aromatic heterocycles. The van der Waals surface area contributed by atoms with Gasteiger partial charge in [0, 0.05) is 5.02 Å². The number of rotatable bonds is 6. The van der Waals surface area contributed by atoms with E-state index in [1.165, 1.54) is 12.1 Å². The maximum atomic E-state index is 13.0. The summed E-state index contributed by atoms with van der Waals surface area (Å²) in [4.78, 5) is 12.4. The highest BCUT2D eigenvalue weighted by Crippen LogP contribution is 2.22. The van der Waals surface area contributed by atoms with E-state index >= 15 is 0 Å². The first-order valence-corrected chi connectivity index (χ1v) is 8.27. The zero-order valence-corrected chi connectivity index (χ0v) is 14.7. The summed E-state index contributed by atoms with van der Waals surface area (Å²) in [5.74, 6) is 0.0976. The number of benzene rings is 2. The number of ether oxygens (including phenoxy) is 1. The number of amides is 1. The third-order valence-electron chi connectivity index (χ3n) is 3.80. The van der Waals surface area contributed by atoms with Crippen LogP contribution < -0.4 is 10.1 Å². The van der Waals surface area contributed by atoms with E-state index in [1.807, 2.05) is 26.8 Å². The van der Waals surface area contributed by atoms with E-state index in [4.69, 9.17) is 16.3 Å². The van der Waals surface area contributed by atoms with E-state index < -0.39 is 6.10 Å². The molecule has 0 fully saturated rings. The Morgan fingerprint density at radius 1 is 1.25 bits per heavy atom. The fraction of sp³-hybridized carbons (Fsp3) is 0.316. The number of hydrogen-bond acceptors (Lipinski definition) is 2. The molecule has 0 aliphatic heterocycles. The van der Waals surface area contributed by atoms with Crippen LogP contribution in [0.25, 0.3) is 0 Å². The van der Waals surface area contributed by atoms with Crippen LogP contribution in [0.1, 0.15) is 37.4 Å².